The van der Waals surface area contributed by atoms with Crippen molar-refractivity contribution in [2.24, 2.45) is 7.05 Å². The summed E-state index contributed by atoms with van der Waals surface area (Å²) in [5.41, 5.74) is 4.56. The van der Waals surface area contributed by atoms with Crippen LogP contribution in [-0.4, -0.2) is 91.1 Å². The van der Waals surface area contributed by atoms with Crippen molar-refractivity contribution in [2.75, 3.05) is 51.8 Å². The summed E-state index contributed by atoms with van der Waals surface area (Å²) in [7, 11) is 5.71. The first-order chi connectivity index (χ1) is 16.2. The molecule has 0 atom stereocenters. The Bertz CT molecular complexity index is 1230. The second-order valence-corrected chi connectivity index (χ2v) is 8.58. The van der Waals surface area contributed by atoms with Crippen LogP contribution in [0.3, 0.4) is 0 Å². The number of methoxy groups -OCH3 is 1. The van der Waals surface area contributed by atoms with Gasteiger partial charge in [0.1, 0.15) is 11.8 Å². The molecule has 5 rings (SSSR count). The minimum absolute atomic E-state index is 0.428. The number of fused-ring (bicyclic) bond motifs is 2. The van der Waals surface area contributed by atoms with Gasteiger partial charge < -0.3 is 19.1 Å². The first-order valence-corrected chi connectivity index (χ1v) is 11.4. The van der Waals surface area contributed by atoms with Crippen molar-refractivity contribution in [1.29, 1.82) is 0 Å². The molecule has 174 valence electrons. The van der Waals surface area contributed by atoms with Crippen LogP contribution in [0.1, 0.15) is 24.5 Å². The Morgan fingerprint density at radius 3 is 2.64 bits per heavy atom. The number of aryl methyl sites for hydroxylation is 1. The van der Waals surface area contributed by atoms with E-state index < -0.39 is 0 Å². The number of rotatable bonds is 8. The summed E-state index contributed by atoms with van der Waals surface area (Å²) >= 11 is 0. The van der Waals surface area contributed by atoms with Crippen molar-refractivity contribution in [3.8, 4) is 0 Å². The van der Waals surface area contributed by atoms with E-state index in [0.29, 0.717) is 12.5 Å². The molecule has 1 aliphatic heterocycles. The Kier molecular flexibility index (Phi) is 6.14. The second-order valence-electron chi connectivity index (χ2n) is 8.58. The van der Waals surface area contributed by atoms with Gasteiger partial charge in [0.2, 0.25) is 0 Å². The lowest BCUT2D eigenvalue weighted by Crippen LogP contribution is -2.38. The van der Waals surface area contributed by atoms with Crippen molar-refractivity contribution in [2.45, 2.75) is 25.3 Å². The maximum atomic E-state index is 5.19. The van der Waals surface area contributed by atoms with Gasteiger partial charge in [0, 0.05) is 59.2 Å². The van der Waals surface area contributed by atoms with Gasteiger partial charge in [-0.05, 0) is 25.9 Å². The molecule has 0 N–H and O–H groups in total. The maximum absolute atomic E-state index is 5.19. The monoisotopic (exact) mass is 450 g/mol. The van der Waals surface area contributed by atoms with Gasteiger partial charge in [0.25, 0.3) is 0 Å². The van der Waals surface area contributed by atoms with Crippen LogP contribution >= 0.6 is 0 Å². The zero-order valence-corrected chi connectivity index (χ0v) is 19.4. The topological polar surface area (TPSA) is 103 Å². The number of imidazole rings is 1. The number of hydrogen-bond acceptors (Lipinski definition) is 9. The van der Waals surface area contributed by atoms with E-state index in [0.717, 1.165) is 79.4 Å². The van der Waals surface area contributed by atoms with Gasteiger partial charge in [-0.25, -0.2) is 29.6 Å². The molecule has 1 fully saturated rings. The first kappa shape index (κ1) is 21.7. The summed E-state index contributed by atoms with van der Waals surface area (Å²) in [4.78, 5) is 27.2. The molecule has 0 unspecified atom stereocenters. The van der Waals surface area contributed by atoms with Crippen LogP contribution in [0.4, 0.5) is 5.82 Å². The molecule has 0 saturated carbocycles. The highest BCUT2D eigenvalue weighted by Crippen LogP contribution is 2.30. The van der Waals surface area contributed by atoms with Crippen LogP contribution in [0.5, 0.6) is 0 Å². The van der Waals surface area contributed by atoms with Crippen LogP contribution in [0.2, 0.25) is 0 Å². The Morgan fingerprint density at radius 1 is 1.00 bits per heavy atom. The lowest BCUT2D eigenvalue weighted by atomic mass is 9.93. The number of piperidine rings is 1. The third-order valence-electron chi connectivity index (χ3n) is 6.49. The summed E-state index contributed by atoms with van der Waals surface area (Å²) in [6.45, 7) is 5.28. The second kappa shape index (κ2) is 9.36. The maximum Gasteiger partial charge on any atom is 0.176 e. The highest BCUT2D eigenvalue weighted by Gasteiger charge is 2.26. The Balaban J connectivity index is 1.19. The van der Waals surface area contributed by atoms with Crippen LogP contribution in [-0.2, 0) is 18.3 Å². The van der Waals surface area contributed by atoms with E-state index in [1.54, 1.807) is 25.8 Å². The molecular formula is C22H30N10O. The number of likely N-dealkylation sites (tertiary alicyclic amines) is 1. The minimum Gasteiger partial charge on any atom is -0.383 e. The molecule has 0 aromatic carbocycles. The molecule has 0 radical (unpaired) electrons. The van der Waals surface area contributed by atoms with E-state index in [1.165, 1.54) is 0 Å². The van der Waals surface area contributed by atoms with E-state index in [-0.39, 0.29) is 0 Å². The van der Waals surface area contributed by atoms with E-state index in [9.17, 15) is 0 Å². The molecule has 0 amide bonds. The molecule has 4 aromatic rings. The highest BCUT2D eigenvalue weighted by molar-refractivity contribution is 5.83. The lowest BCUT2D eigenvalue weighted by Gasteiger charge is -2.32. The van der Waals surface area contributed by atoms with Gasteiger partial charge in [0.05, 0.1) is 18.6 Å². The van der Waals surface area contributed by atoms with Gasteiger partial charge in [-0.1, -0.05) is 0 Å². The van der Waals surface area contributed by atoms with E-state index in [1.807, 2.05) is 22.6 Å². The molecule has 11 heteroatoms. The lowest BCUT2D eigenvalue weighted by molar-refractivity contribution is 0.188. The van der Waals surface area contributed by atoms with Crippen molar-refractivity contribution in [1.82, 2.24) is 44.2 Å². The van der Waals surface area contributed by atoms with E-state index in [2.05, 4.69) is 41.8 Å². The third kappa shape index (κ3) is 4.25. The Morgan fingerprint density at radius 2 is 1.82 bits per heavy atom. The highest BCUT2D eigenvalue weighted by atomic mass is 16.5. The number of hydrogen-bond donors (Lipinski definition) is 0. The Hall–Kier alpha value is -3.18. The van der Waals surface area contributed by atoms with Gasteiger partial charge >= 0.3 is 0 Å². The van der Waals surface area contributed by atoms with Crippen molar-refractivity contribution >= 4 is 28.1 Å². The number of nitrogens with zero attached hydrogens (tertiary/aromatic N) is 10. The molecule has 5 heterocycles. The summed E-state index contributed by atoms with van der Waals surface area (Å²) < 4.78 is 9.04. The van der Waals surface area contributed by atoms with Crippen LogP contribution < -0.4 is 4.90 Å². The van der Waals surface area contributed by atoms with E-state index >= 15 is 0 Å². The standard InChI is InChI=1S/C22H30N10O/c1-29(20-19-22(26-14-25-20)32(15-27-19)12-13-33-3)10-11-31-8-4-16(5-9-31)17-18-21(30(2)28-17)24-7-6-23-18/h6-7,14-16H,4-5,8-13H2,1-3H3. The van der Waals surface area contributed by atoms with Crippen molar-refractivity contribution in [3.05, 3.63) is 30.7 Å². The summed E-state index contributed by atoms with van der Waals surface area (Å²) in [6.07, 6.45) is 9.06. The largest absolute Gasteiger partial charge is 0.383 e. The molecule has 0 aliphatic carbocycles. The predicted octanol–water partition coefficient (Wildman–Crippen LogP) is 1.47. The molecule has 11 nitrogen and oxygen atoms in total. The molecule has 33 heavy (non-hydrogen) atoms. The van der Waals surface area contributed by atoms with Crippen LogP contribution in [0.25, 0.3) is 22.3 Å². The van der Waals surface area contributed by atoms with Gasteiger partial charge in [-0.3, -0.25) is 0 Å². The van der Waals surface area contributed by atoms with Gasteiger partial charge in [-0.2, -0.15) is 5.10 Å². The average molecular weight is 451 g/mol. The summed E-state index contributed by atoms with van der Waals surface area (Å²) in [5.74, 6) is 1.29. The predicted molar refractivity (Wildman–Crippen MR) is 125 cm³/mol. The number of anilines is 1. The zero-order chi connectivity index (χ0) is 22.8. The first-order valence-electron chi connectivity index (χ1n) is 11.4. The van der Waals surface area contributed by atoms with Gasteiger partial charge in [-0.15, -0.1) is 0 Å². The molecule has 1 saturated heterocycles. The fourth-order valence-corrected chi connectivity index (χ4v) is 4.61. The minimum atomic E-state index is 0.428. The van der Waals surface area contributed by atoms with Crippen molar-refractivity contribution < 1.29 is 4.74 Å². The van der Waals surface area contributed by atoms with Crippen LogP contribution in [0.15, 0.2) is 25.0 Å². The smallest absolute Gasteiger partial charge is 0.176 e. The van der Waals surface area contributed by atoms with Gasteiger partial charge in [0.15, 0.2) is 22.6 Å². The molecule has 4 aromatic heterocycles. The molecule has 0 bridgehead atoms. The van der Waals surface area contributed by atoms with Crippen LogP contribution in [0, 0.1) is 0 Å². The SMILES string of the molecule is COCCn1cnc2c(N(C)CCN3CCC(c4nn(C)c5nccnc45)CC3)ncnc21. The summed E-state index contributed by atoms with van der Waals surface area (Å²) in [6, 6.07) is 0. The summed E-state index contributed by atoms with van der Waals surface area (Å²) in [5, 5.41) is 4.74. The average Bonchev–Trinajstić information content (AvgIpc) is 3.42. The fraction of sp³-hybridized carbons (Fsp3) is 0.545. The quantitative estimate of drug-likeness (QED) is 0.395. The van der Waals surface area contributed by atoms with Crippen molar-refractivity contribution in [3.63, 3.8) is 0 Å². The third-order valence-corrected chi connectivity index (χ3v) is 6.49. The molecule has 1 aliphatic rings. The Labute approximate surface area is 192 Å². The van der Waals surface area contributed by atoms with E-state index in [4.69, 9.17) is 9.84 Å². The molecule has 0 spiro atoms. The molecular weight excluding hydrogens is 420 g/mol. The number of aromatic nitrogens is 8. The number of likely N-dealkylation sites (N-methyl/N-ethyl adjacent to an activating group) is 1. The normalized spacial score (nSPS) is 15.6. The zero-order valence-electron chi connectivity index (χ0n) is 19.4. The number of ether oxygens (including phenoxy) is 1. The fourth-order valence-electron chi connectivity index (χ4n) is 4.61.